The van der Waals surface area contributed by atoms with Gasteiger partial charge in [-0.05, 0) is 56.7 Å². The van der Waals surface area contributed by atoms with Crippen molar-refractivity contribution in [3.8, 4) is 17.2 Å². The van der Waals surface area contributed by atoms with E-state index >= 15 is 0 Å². The van der Waals surface area contributed by atoms with Gasteiger partial charge in [-0.1, -0.05) is 6.07 Å². The molecule has 0 fully saturated rings. The molecule has 8 nitrogen and oxygen atoms in total. The van der Waals surface area contributed by atoms with Gasteiger partial charge in [0.25, 0.3) is 5.91 Å². The first-order valence-corrected chi connectivity index (χ1v) is 12.0. The van der Waals surface area contributed by atoms with Crippen LogP contribution < -0.4 is 19.5 Å². The van der Waals surface area contributed by atoms with E-state index in [0.29, 0.717) is 41.7 Å². The van der Waals surface area contributed by atoms with Crippen LogP contribution in [0.2, 0.25) is 0 Å². The van der Waals surface area contributed by atoms with Gasteiger partial charge in [0.2, 0.25) is 10.0 Å². The van der Waals surface area contributed by atoms with Crippen LogP contribution in [0.4, 0.5) is 11.4 Å². The lowest BCUT2D eigenvalue weighted by Gasteiger charge is -2.20. The lowest BCUT2D eigenvalue weighted by atomic mass is 10.1. The summed E-state index contributed by atoms with van der Waals surface area (Å²) in [5.41, 5.74) is 4.74. The number of rotatable bonds is 5. The molecule has 0 aliphatic carbocycles. The number of carbonyl (C=O) groups excluding carboxylic acids is 1. The van der Waals surface area contributed by atoms with Crippen LogP contribution in [0.25, 0.3) is 5.69 Å². The second-order valence-corrected chi connectivity index (χ2v) is 9.55. The maximum absolute atomic E-state index is 13.0. The van der Waals surface area contributed by atoms with E-state index < -0.39 is 10.0 Å². The van der Waals surface area contributed by atoms with Crippen molar-refractivity contribution in [2.75, 3.05) is 29.5 Å². The van der Waals surface area contributed by atoms with Crippen molar-refractivity contribution in [3.63, 3.8) is 0 Å². The van der Waals surface area contributed by atoms with Gasteiger partial charge in [-0.15, -0.1) is 0 Å². The Balaban J connectivity index is 1.62. The number of benzene rings is 2. The highest BCUT2D eigenvalue weighted by molar-refractivity contribution is 7.92. The summed E-state index contributed by atoms with van der Waals surface area (Å²) >= 11 is 0. The van der Waals surface area contributed by atoms with Crippen molar-refractivity contribution < 1.29 is 22.7 Å². The van der Waals surface area contributed by atoms with Crippen molar-refractivity contribution in [2.45, 2.75) is 20.8 Å². The molecule has 1 aromatic heterocycles. The average molecular weight is 456 g/mol. The molecule has 3 aromatic rings. The van der Waals surface area contributed by atoms with E-state index in [1.807, 2.05) is 42.7 Å². The molecule has 168 valence electrons. The Morgan fingerprint density at radius 2 is 1.69 bits per heavy atom. The summed E-state index contributed by atoms with van der Waals surface area (Å²) in [5, 5.41) is 2.86. The SMILES string of the molecule is Cc1ccc(NC(=O)c2cc(C)n(-c3ccc4c(c3)OCCO4)c2C)cc1NS(C)(=O)=O. The third kappa shape index (κ3) is 4.43. The fourth-order valence-corrected chi connectivity index (χ4v) is 4.39. The van der Waals surface area contributed by atoms with E-state index in [1.54, 1.807) is 25.1 Å². The van der Waals surface area contributed by atoms with Gasteiger partial charge < -0.3 is 19.4 Å². The van der Waals surface area contributed by atoms with Crippen LogP contribution in [0.1, 0.15) is 27.3 Å². The van der Waals surface area contributed by atoms with Crippen LogP contribution in [-0.2, 0) is 10.0 Å². The molecule has 2 N–H and O–H groups in total. The lowest BCUT2D eigenvalue weighted by Crippen LogP contribution is -2.16. The number of ether oxygens (including phenoxy) is 2. The third-order valence-corrected chi connectivity index (χ3v) is 5.84. The summed E-state index contributed by atoms with van der Waals surface area (Å²) < 4.78 is 38.9. The largest absolute Gasteiger partial charge is 0.486 e. The molecule has 1 aliphatic heterocycles. The predicted octanol–water partition coefficient (Wildman–Crippen LogP) is 3.80. The monoisotopic (exact) mass is 455 g/mol. The minimum Gasteiger partial charge on any atom is -0.486 e. The Bertz CT molecular complexity index is 1310. The Kier molecular flexibility index (Phi) is 5.60. The molecule has 2 aromatic carbocycles. The molecule has 0 saturated heterocycles. The summed E-state index contributed by atoms with van der Waals surface area (Å²) in [6.07, 6.45) is 1.09. The van der Waals surface area contributed by atoms with Crippen molar-refractivity contribution in [3.05, 3.63) is 65.0 Å². The quantitative estimate of drug-likeness (QED) is 0.610. The molecule has 0 unspecified atom stereocenters. The number of amides is 1. The highest BCUT2D eigenvalue weighted by Crippen LogP contribution is 2.33. The second kappa shape index (κ2) is 8.23. The Hall–Kier alpha value is -3.46. The molecular formula is C23H25N3O5S. The van der Waals surface area contributed by atoms with Crippen LogP contribution in [0, 0.1) is 20.8 Å². The number of nitrogens with one attached hydrogen (secondary N) is 2. The normalized spacial score (nSPS) is 13.0. The molecule has 0 radical (unpaired) electrons. The third-order valence-electron chi connectivity index (χ3n) is 5.25. The summed E-state index contributed by atoms with van der Waals surface area (Å²) in [6.45, 7) is 6.63. The van der Waals surface area contributed by atoms with Gasteiger partial charge in [0, 0.05) is 28.8 Å². The molecule has 1 amide bonds. The number of carbonyl (C=O) groups is 1. The van der Waals surface area contributed by atoms with Gasteiger partial charge in [0.15, 0.2) is 11.5 Å². The smallest absolute Gasteiger partial charge is 0.257 e. The number of fused-ring (bicyclic) bond motifs is 1. The van der Waals surface area contributed by atoms with Crippen LogP contribution in [0.5, 0.6) is 11.5 Å². The number of sulfonamides is 1. The molecule has 1 aliphatic rings. The molecule has 4 rings (SSSR count). The van der Waals surface area contributed by atoms with E-state index in [4.69, 9.17) is 9.47 Å². The average Bonchev–Trinajstić information content (AvgIpc) is 3.03. The number of nitrogens with zero attached hydrogens (tertiary/aromatic N) is 1. The lowest BCUT2D eigenvalue weighted by molar-refractivity contribution is 0.102. The first-order chi connectivity index (χ1) is 15.1. The highest BCUT2D eigenvalue weighted by atomic mass is 32.2. The highest BCUT2D eigenvalue weighted by Gasteiger charge is 2.19. The second-order valence-electron chi connectivity index (χ2n) is 7.81. The standard InChI is InChI=1S/C23H25N3O5S/c1-14-5-6-17(12-20(14)25-32(4,28)29)24-23(27)19-11-15(2)26(16(19)3)18-7-8-21-22(13-18)31-10-9-30-21/h5-8,11-13,25H,9-10H2,1-4H3,(H,24,27). The number of hydrogen-bond acceptors (Lipinski definition) is 5. The molecule has 9 heteroatoms. The number of anilines is 2. The van der Waals surface area contributed by atoms with Gasteiger partial charge in [-0.2, -0.15) is 0 Å². The van der Waals surface area contributed by atoms with Gasteiger partial charge >= 0.3 is 0 Å². The molecular weight excluding hydrogens is 430 g/mol. The zero-order valence-corrected chi connectivity index (χ0v) is 19.2. The van der Waals surface area contributed by atoms with Crippen molar-refractivity contribution in [1.29, 1.82) is 0 Å². The van der Waals surface area contributed by atoms with Gasteiger partial charge in [-0.3, -0.25) is 9.52 Å². The molecule has 0 saturated carbocycles. The maximum Gasteiger partial charge on any atom is 0.257 e. The minimum atomic E-state index is -3.43. The van der Waals surface area contributed by atoms with Crippen LogP contribution >= 0.6 is 0 Å². The minimum absolute atomic E-state index is 0.281. The zero-order chi connectivity index (χ0) is 23.0. The molecule has 2 heterocycles. The van der Waals surface area contributed by atoms with E-state index in [1.165, 1.54) is 0 Å². The summed E-state index contributed by atoms with van der Waals surface area (Å²) in [7, 11) is -3.43. The first kappa shape index (κ1) is 21.8. The molecule has 32 heavy (non-hydrogen) atoms. The topological polar surface area (TPSA) is 98.7 Å². The van der Waals surface area contributed by atoms with Gasteiger partial charge in [-0.25, -0.2) is 8.42 Å². The predicted molar refractivity (Wildman–Crippen MR) is 124 cm³/mol. The Morgan fingerprint density at radius 1 is 0.969 bits per heavy atom. The van der Waals surface area contributed by atoms with Gasteiger partial charge in [0.05, 0.1) is 17.5 Å². The van der Waals surface area contributed by atoms with Crippen LogP contribution in [0.3, 0.4) is 0 Å². The molecule has 0 atom stereocenters. The van der Waals surface area contributed by atoms with Crippen molar-refractivity contribution in [2.24, 2.45) is 0 Å². The van der Waals surface area contributed by atoms with E-state index in [9.17, 15) is 13.2 Å². The van der Waals surface area contributed by atoms with Crippen LogP contribution in [0.15, 0.2) is 42.5 Å². The molecule has 0 spiro atoms. The fraction of sp³-hybridized carbons (Fsp3) is 0.261. The fourth-order valence-electron chi connectivity index (χ4n) is 3.77. The zero-order valence-electron chi connectivity index (χ0n) is 18.4. The number of aromatic nitrogens is 1. The Labute approximate surface area is 187 Å². The van der Waals surface area contributed by atoms with E-state index in [2.05, 4.69) is 10.0 Å². The van der Waals surface area contributed by atoms with E-state index in [0.717, 1.165) is 28.9 Å². The van der Waals surface area contributed by atoms with Crippen molar-refractivity contribution >= 4 is 27.3 Å². The summed E-state index contributed by atoms with van der Waals surface area (Å²) in [5.74, 6) is 1.10. The van der Waals surface area contributed by atoms with E-state index in [-0.39, 0.29) is 5.91 Å². The van der Waals surface area contributed by atoms with Crippen molar-refractivity contribution in [1.82, 2.24) is 4.57 Å². The maximum atomic E-state index is 13.0. The Morgan fingerprint density at radius 3 is 2.41 bits per heavy atom. The van der Waals surface area contributed by atoms with Crippen LogP contribution in [-0.4, -0.2) is 38.4 Å². The number of aryl methyl sites for hydroxylation is 2. The first-order valence-electron chi connectivity index (χ1n) is 10.1. The summed E-state index contributed by atoms with van der Waals surface area (Å²) in [6, 6.07) is 12.6. The number of hydrogen-bond donors (Lipinski definition) is 2. The summed E-state index contributed by atoms with van der Waals surface area (Å²) in [4.78, 5) is 13.0. The molecule has 0 bridgehead atoms. The van der Waals surface area contributed by atoms with Gasteiger partial charge in [0.1, 0.15) is 13.2 Å².